The average molecular weight is 398 g/mol. The Morgan fingerprint density at radius 1 is 1.25 bits per heavy atom. The average Bonchev–Trinajstić information content (AvgIpc) is 3.19. The van der Waals surface area contributed by atoms with Gasteiger partial charge >= 0.3 is 0 Å². The Hall–Kier alpha value is -2.69. The second-order valence-corrected chi connectivity index (χ2v) is 7.70. The molecule has 0 radical (unpaired) electrons. The first-order chi connectivity index (χ1) is 13.6. The Morgan fingerprint density at radius 2 is 1.96 bits per heavy atom. The first-order valence-corrected chi connectivity index (χ1v) is 10.2. The van der Waals surface area contributed by atoms with Gasteiger partial charge in [0.2, 0.25) is 5.91 Å². The zero-order valence-corrected chi connectivity index (χ0v) is 16.6. The number of piperidine rings is 1. The number of likely N-dealkylation sites (tertiary alicyclic amines) is 1. The number of ether oxygens (including phenoxy) is 1. The van der Waals surface area contributed by atoms with Gasteiger partial charge in [-0.2, -0.15) is 5.26 Å². The third kappa shape index (κ3) is 4.97. The van der Waals surface area contributed by atoms with Crippen LogP contribution in [0.5, 0.6) is 5.75 Å². The van der Waals surface area contributed by atoms with Crippen LogP contribution in [0.1, 0.15) is 35.2 Å². The lowest BCUT2D eigenvalue weighted by atomic mass is 9.89. The van der Waals surface area contributed by atoms with Crippen LogP contribution in [0.2, 0.25) is 0 Å². The SMILES string of the molecule is COc1ccc(C(=O)C2CCN(CCC(=O)Nc3sccc3C#N)CC2)cc1. The first-order valence-electron chi connectivity index (χ1n) is 9.28. The van der Waals surface area contributed by atoms with E-state index in [4.69, 9.17) is 10.00 Å². The summed E-state index contributed by atoms with van der Waals surface area (Å²) in [5.74, 6) is 0.869. The van der Waals surface area contributed by atoms with E-state index in [1.807, 2.05) is 24.3 Å². The first kappa shape index (κ1) is 20.1. The lowest BCUT2D eigenvalue weighted by Gasteiger charge is -2.31. The minimum Gasteiger partial charge on any atom is -0.497 e. The predicted molar refractivity (Wildman–Crippen MR) is 109 cm³/mol. The molecule has 28 heavy (non-hydrogen) atoms. The summed E-state index contributed by atoms with van der Waals surface area (Å²) in [5, 5.41) is 14.2. The van der Waals surface area contributed by atoms with Crippen LogP contribution in [0.3, 0.4) is 0 Å². The molecule has 2 heterocycles. The number of anilines is 1. The molecule has 1 N–H and O–H groups in total. The van der Waals surface area contributed by atoms with Gasteiger partial charge in [-0.3, -0.25) is 9.59 Å². The lowest BCUT2D eigenvalue weighted by molar-refractivity contribution is -0.116. The van der Waals surface area contributed by atoms with Crippen LogP contribution in [0.15, 0.2) is 35.7 Å². The molecular weight excluding hydrogens is 374 g/mol. The number of carbonyl (C=O) groups is 2. The second-order valence-electron chi connectivity index (χ2n) is 6.78. The smallest absolute Gasteiger partial charge is 0.226 e. The Balaban J connectivity index is 1.43. The number of nitriles is 1. The largest absolute Gasteiger partial charge is 0.497 e. The quantitative estimate of drug-likeness (QED) is 0.723. The van der Waals surface area contributed by atoms with Gasteiger partial charge in [-0.15, -0.1) is 11.3 Å². The number of benzene rings is 1. The van der Waals surface area contributed by atoms with Gasteiger partial charge in [-0.1, -0.05) is 0 Å². The molecule has 0 saturated carbocycles. The highest BCUT2D eigenvalue weighted by molar-refractivity contribution is 7.14. The summed E-state index contributed by atoms with van der Waals surface area (Å²) in [6.07, 6.45) is 1.98. The maximum atomic E-state index is 12.7. The van der Waals surface area contributed by atoms with Crippen molar-refractivity contribution in [1.29, 1.82) is 5.26 Å². The number of ketones is 1. The third-order valence-corrected chi connectivity index (χ3v) is 5.86. The van der Waals surface area contributed by atoms with Crippen LogP contribution in [-0.4, -0.2) is 43.3 Å². The van der Waals surface area contributed by atoms with Crippen LogP contribution in [0.25, 0.3) is 0 Å². The number of Topliss-reactive ketones (excluding diaryl/α,β-unsaturated/α-hetero) is 1. The molecule has 1 saturated heterocycles. The van der Waals surface area contributed by atoms with E-state index in [0.29, 0.717) is 23.5 Å². The van der Waals surface area contributed by atoms with E-state index in [9.17, 15) is 9.59 Å². The van der Waals surface area contributed by atoms with Crippen LogP contribution < -0.4 is 10.1 Å². The fourth-order valence-electron chi connectivity index (χ4n) is 3.35. The highest BCUT2D eigenvalue weighted by Gasteiger charge is 2.26. The zero-order chi connectivity index (χ0) is 19.9. The molecule has 1 amide bonds. The van der Waals surface area contributed by atoms with E-state index in [0.717, 1.165) is 37.2 Å². The van der Waals surface area contributed by atoms with Gasteiger partial charge in [0.05, 0.1) is 12.7 Å². The van der Waals surface area contributed by atoms with Crippen molar-refractivity contribution in [1.82, 2.24) is 4.90 Å². The molecule has 6 nitrogen and oxygen atoms in total. The molecule has 1 aromatic carbocycles. The molecule has 1 aliphatic heterocycles. The van der Waals surface area contributed by atoms with Crippen LogP contribution in [-0.2, 0) is 4.79 Å². The van der Waals surface area contributed by atoms with E-state index >= 15 is 0 Å². The number of nitrogens with one attached hydrogen (secondary N) is 1. The summed E-state index contributed by atoms with van der Waals surface area (Å²) < 4.78 is 5.13. The van der Waals surface area contributed by atoms with E-state index in [1.54, 1.807) is 18.6 Å². The van der Waals surface area contributed by atoms with Crippen molar-refractivity contribution < 1.29 is 14.3 Å². The molecule has 0 spiro atoms. The molecule has 0 bridgehead atoms. The summed E-state index contributed by atoms with van der Waals surface area (Å²) in [6.45, 7) is 2.27. The van der Waals surface area contributed by atoms with Crippen molar-refractivity contribution in [3.8, 4) is 11.8 Å². The Morgan fingerprint density at radius 3 is 2.61 bits per heavy atom. The van der Waals surface area contributed by atoms with E-state index < -0.39 is 0 Å². The van der Waals surface area contributed by atoms with E-state index in [1.165, 1.54) is 11.3 Å². The van der Waals surface area contributed by atoms with Crippen molar-refractivity contribution in [2.75, 3.05) is 32.1 Å². The normalized spacial score (nSPS) is 15.0. The Kier molecular flexibility index (Phi) is 6.80. The fraction of sp³-hybridized carbons (Fsp3) is 0.381. The highest BCUT2D eigenvalue weighted by atomic mass is 32.1. The molecule has 0 aliphatic carbocycles. The van der Waals surface area contributed by atoms with Gasteiger partial charge in [0.25, 0.3) is 0 Å². The molecular formula is C21H23N3O3S. The van der Waals surface area contributed by atoms with Crippen LogP contribution >= 0.6 is 11.3 Å². The predicted octanol–water partition coefficient (Wildman–Crippen LogP) is 3.55. The van der Waals surface area contributed by atoms with Crippen LogP contribution in [0, 0.1) is 17.2 Å². The number of thiophene rings is 1. The van der Waals surface area contributed by atoms with Gasteiger partial charge < -0.3 is 15.0 Å². The van der Waals surface area contributed by atoms with Gasteiger partial charge in [-0.05, 0) is 61.6 Å². The summed E-state index contributed by atoms with van der Waals surface area (Å²) in [5.41, 5.74) is 1.22. The zero-order valence-electron chi connectivity index (χ0n) is 15.8. The maximum Gasteiger partial charge on any atom is 0.226 e. The summed E-state index contributed by atoms with van der Waals surface area (Å²) in [7, 11) is 1.61. The summed E-state index contributed by atoms with van der Waals surface area (Å²) in [6, 6.07) is 11.0. The fourth-order valence-corrected chi connectivity index (χ4v) is 4.11. The second kappa shape index (κ2) is 9.49. The van der Waals surface area contributed by atoms with Crippen molar-refractivity contribution >= 4 is 28.0 Å². The van der Waals surface area contributed by atoms with Gasteiger partial charge in [0.1, 0.15) is 16.8 Å². The summed E-state index contributed by atoms with van der Waals surface area (Å²) >= 11 is 1.35. The van der Waals surface area contributed by atoms with Gasteiger partial charge in [0.15, 0.2) is 5.78 Å². The number of hydrogen-bond acceptors (Lipinski definition) is 6. The molecule has 1 aromatic heterocycles. The van der Waals surface area contributed by atoms with Crippen molar-refractivity contribution in [3.63, 3.8) is 0 Å². The lowest BCUT2D eigenvalue weighted by Crippen LogP contribution is -2.38. The molecule has 2 aromatic rings. The van der Waals surface area contributed by atoms with Gasteiger partial charge in [0, 0.05) is 24.4 Å². The number of rotatable bonds is 7. The maximum absolute atomic E-state index is 12.7. The number of carbonyl (C=O) groups excluding carboxylic acids is 2. The molecule has 0 atom stereocenters. The molecule has 1 aliphatic rings. The molecule has 0 unspecified atom stereocenters. The topological polar surface area (TPSA) is 82.4 Å². The van der Waals surface area contributed by atoms with Crippen LogP contribution in [0.4, 0.5) is 5.00 Å². The standard InChI is InChI=1S/C21H23N3O3S/c1-27-18-4-2-15(3-5-18)20(26)16-6-10-24(11-7-16)12-8-19(25)23-21-17(14-22)9-13-28-21/h2-5,9,13,16H,6-8,10-12H2,1H3,(H,23,25). The minimum atomic E-state index is -0.0876. The van der Waals surface area contributed by atoms with Crippen molar-refractivity contribution in [3.05, 3.63) is 46.8 Å². The van der Waals surface area contributed by atoms with Crippen molar-refractivity contribution in [2.24, 2.45) is 5.92 Å². The molecule has 1 fully saturated rings. The molecule has 7 heteroatoms. The summed E-state index contributed by atoms with van der Waals surface area (Å²) in [4.78, 5) is 27.0. The number of hydrogen-bond donors (Lipinski definition) is 1. The van der Waals surface area contributed by atoms with E-state index in [2.05, 4.69) is 16.3 Å². The Labute approximate surface area is 168 Å². The number of nitrogens with zero attached hydrogens (tertiary/aromatic N) is 2. The Bertz CT molecular complexity index is 862. The minimum absolute atomic E-state index is 0.0303. The third-order valence-electron chi connectivity index (χ3n) is 5.03. The number of amides is 1. The molecule has 3 rings (SSSR count). The monoisotopic (exact) mass is 397 g/mol. The molecule has 146 valence electrons. The number of methoxy groups -OCH3 is 1. The highest BCUT2D eigenvalue weighted by Crippen LogP contribution is 2.24. The van der Waals surface area contributed by atoms with E-state index in [-0.39, 0.29) is 17.6 Å². The van der Waals surface area contributed by atoms with Gasteiger partial charge in [-0.25, -0.2) is 0 Å². The van der Waals surface area contributed by atoms with Crippen molar-refractivity contribution in [2.45, 2.75) is 19.3 Å².